The minimum atomic E-state index is 0.0722. The molecule has 0 aromatic heterocycles. The predicted molar refractivity (Wildman–Crippen MR) is 82.1 cm³/mol. The molecule has 1 rings (SSSR count). The normalized spacial score (nSPS) is 23.1. The van der Waals surface area contributed by atoms with Gasteiger partial charge in [-0.3, -0.25) is 4.79 Å². The molecule has 0 N–H and O–H groups in total. The van der Waals surface area contributed by atoms with Crippen molar-refractivity contribution in [1.82, 2.24) is 4.90 Å². The summed E-state index contributed by atoms with van der Waals surface area (Å²) >= 11 is 0. The van der Waals surface area contributed by atoms with Gasteiger partial charge in [-0.1, -0.05) is 52.0 Å². The van der Waals surface area contributed by atoms with Crippen LogP contribution in [0.2, 0.25) is 0 Å². The lowest BCUT2D eigenvalue weighted by Gasteiger charge is -2.34. The van der Waals surface area contributed by atoms with Gasteiger partial charge >= 0.3 is 0 Å². The summed E-state index contributed by atoms with van der Waals surface area (Å²) < 4.78 is 0. The minimum absolute atomic E-state index is 0.0722. The molecular weight excluding hydrogens is 234 g/mol. The molecule has 1 saturated carbocycles. The first kappa shape index (κ1) is 16.3. The number of rotatable bonds is 8. The molecule has 0 aliphatic heterocycles. The standard InChI is InChI=1S/C17H31NO/c1-4-6-7-8-9-10-15-11-13-16(14-12-15)18(3)17(19)5-2/h5,15-16H,2,4,6-14H2,1,3H3. The maximum Gasteiger partial charge on any atom is 0.245 e. The number of carbonyl (C=O) groups is 1. The van der Waals surface area contributed by atoms with E-state index in [2.05, 4.69) is 13.5 Å². The van der Waals surface area contributed by atoms with Gasteiger partial charge in [-0.15, -0.1) is 0 Å². The summed E-state index contributed by atoms with van der Waals surface area (Å²) in [4.78, 5) is 13.5. The molecule has 0 unspecified atom stereocenters. The Morgan fingerprint density at radius 1 is 1.16 bits per heavy atom. The van der Waals surface area contributed by atoms with E-state index >= 15 is 0 Å². The summed E-state index contributed by atoms with van der Waals surface area (Å²) in [6.45, 7) is 5.83. The third-order valence-corrected chi connectivity index (χ3v) is 4.60. The summed E-state index contributed by atoms with van der Waals surface area (Å²) in [5.74, 6) is 0.980. The molecule has 19 heavy (non-hydrogen) atoms. The Bertz CT molecular complexity index is 266. The van der Waals surface area contributed by atoms with E-state index in [-0.39, 0.29) is 5.91 Å². The summed E-state index contributed by atoms with van der Waals surface area (Å²) in [5.41, 5.74) is 0. The summed E-state index contributed by atoms with van der Waals surface area (Å²) in [6, 6.07) is 0.446. The molecule has 0 bridgehead atoms. The van der Waals surface area contributed by atoms with Crippen molar-refractivity contribution in [3.8, 4) is 0 Å². The van der Waals surface area contributed by atoms with Gasteiger partial charge in [0.05, 0.1) is 0 Å². The minimum Gasteiger partial charge on any atom is -0.339 e. The van der Waals surface area contributed by atoms with Gasteiger partial charge < -0.3 is 4.90 Å². The molecule has 0 aromatic rings. The SMILES string of the molecule is C=CC(=O)N(C)C1CCC(CCCCCCC)CC1. The average molecular weight is 265 g/mol. The Balaban J connectivity index is 2.14. The number of hydrogen-bond acceptors (Lipinski definition) is 1. The van der Waals surface area contributed by atoms with Crippen molar-refractivity contribution in [2.24, 2.45) is 5.92 Å². The van der Waals surface area contributed by atoms with Crippen LogP contribution in [0, 0.1) is 5.92 Å². The Morgan fingerprint density at radius 2 is 1.79 bits per heavy atom. The molecule has 1 aliphatic carbocycles. The van der Waals surface area contributed by atoms with Gasteiger partial charge in [-0.05, 0) is 37.7 Å². The molecule has 0 saturated heterocycles. The fraction of sp³-hybridized carbons (Fsp3) is 0.824. The second-order valence-electron chi connectivity index (χ2n) is 6.03. The Kier molecular flexibility index (Phi) is 7.85. The highest BCUT2D eigenvalue weighted by Crippen LogP contribution is 2.30. The number of likely N-dealkylation sites (N-methyl/N-ethyl adjacent to an activating group) is 1. The van der Waals surface area contributed by atoms with Crippen LogP contribution in [0.15, 0.2) is 12.7 Å². The first-order chi connectivity index (χ1) is 9.19. The predicted octanol–water partition coefficient (Wildman–Crippen LogP) is 4.55. The zero-order valence-electron chi connectivity index (χ0n) is 12.9. The summed E-state index contributed by atoms with van der Waals surface area (Å²) in [6.07, 6.45) is 14.7. The van der Waals surface area contributed by atoms with Crippen LogP contribution < -0.4 is 0 Å². The van der Waals surface area contributed by atoms with Crippen LogP contribution in [0.25, 0.3) is 0 Å². The average Bonchev–Trinajstić information content (AvgIpc) is 2.46. The van der Waals surface area contributed by atoms with Gasteiger partial charge in [0.15, 0.2) is 0 Å². The number of nitrogens with zero attached hydrogens (tertiary/aromatic N) is 1. The van der Waals surface area contributed by atoms with Crippen molar-refractivity contribution in [3.05, 3.63) is 12.7 Å². The van der Waals surface area contributed by atoms with Gasteiger partial charge in [-0.25, -0.2) is 0 Å². The van der Waals surface area contributed by atoms with E-state index < -0.39 is 0 Å². The molecule has 110 valence electrons. The highest BCUT2D eigenvalue weighted by Gasteiger charge is 2.25. The van der Waals surface area contributed by atoms with Crippen molar-refractivity contribution in [2.75, 3.05) is 7.05 Å². The largest absolute Gasteiger partial charge is 0.339 e. The van der Waals surface area contributed by atoms with E-state index in [1.807, 2.05) is 11.9 Å². The topological polar surface area (TPSA) is 20.3 Å². The van der Waals surface area contributed by atoms with Crippen LogP contribution >= 0.6 is 0 Å². The molecule has 2 heteroatoms. The molecule has 0 heterocycles. The van der Waals surface area contributed by atoms with Gasteiger partial charge in [0.25, 0.3) is 0 Å². The van der Waals surface area contributed by atoms with Crippen molar-refractivity contribution in [2.45, 2.75) is 77.2 Å². The fourth-order valence-electron chi connectivity index (χ4n) is 3.18. The third kappa shape index (κ3) is 5.80. The quantitative estimate of drug-likeness (QED) is 0.466. The Labute approximate surface area is 119 Å². The molecule has 1 aliphatic rings. The van der Waals surface area contributed by atoms with Gasteiger partial charge in [0, 0.05) is 13.1 Å². The highest BCUT2D eigenvalue weighted by atomic mass is 16.2. The fourth-order valence-corrected chi connectivity index (χ4v) is 3.18. The second kappa shape index (κ2) is 9.17. The van der Waals surface area contributed by atoms with E-state index in [4.69, 9.17) is 0 Å². The van der Waals surface area contributed by atoms with E-state index in [1.165, 1.54) is 70.3 Å². The molecule has 1 fully saturated rings. The monoisotopic (exact) mass is 265 g/mol. The van der Waals surface area contributed by atoms with Crippen LogP contribution in [-0.4, -0.2) is 23.9 Å². The van der Waals surface area contributed by atoms with E-state index in [0.29, 0.717) is 6.04 Å². The first-order valence-electron chi connectivity index (χ1n) is 8.08. The Hall–Kier alpha value is -0.790. The van der Waals surface area contributed by atoms with E-state index in [9.17, 15) is 4.79 Å². The van der Waals surface area contributed by atoms with Crippen LogP contribution in [-0.2, 0) is 4.79 Å². The smallest absolute Gasteiger partial charge is 0.245 e. The molecule has 0 atom stereocenters. The number of unbranched alkanes of at least 4 members (excludes halogenated alkanes) is 4. The van der Waals surface area contributed by atoms with Crippen LogP contribution in [0.4, 0.5) is 0 Å². The van der Waals surface area contributed by atoms with E-state index in [0.717, 1.165) is 5.92 Å². The molecule has 0 radical (unpaired) electrons. The molecular formula is C17H31NO. The van der Waals surface area contributed by atoms with Gasteiger partial charge in [-0.2, -0.15) is 0 Å². The second-order valence-corrected chi connectivity index (χ2v) is 6.03. The molecule has 1 amide bonds. The first-order valence-corrected chi connectivity index (χ1v) is 8.08. The van der Waals surface area contributed by atoms with Crippen LogP contribution in [0.5, 0.6) is 0 Å². The third-order valence-electron chi connectivity index (χ3n) is 4.60. The van der Waals surface area contributed by atoms with E-state index in [1.54, 1.807) is 0 Å². The molecule has 0 aromatic carbocycles. The lowest BCUT2D eigenvalue weighted by molar-refractivity contribution is -0.127. The van der Waals surface area contributed by atoms with Crippen LogP contribution in [0.1, 0.15) is 71.1 Å². The number of carbonyl (C=O) groups excluding carboxylic acids is 1. The van der Waals surface area contributed by atoms with Crippen molar-refractivity contribution >= 4 is 5.91 Å². The van der Waals surface area contributed by atoms with Gasteiger partial charge in [0.2, 0.25) is 5.91 Å². The van der Waals surface area contributed by atoms with Crippen molar-refractivity contribution in [1.29, 1.82) is 0 Å². The maximum atomic E-state index is 11.6. The number of amides is 1. The summed E-state index contributed by atoms with van der Waals surface area (Å²) in [7, 11) is 1.92. The highest BCUT2D eigenvalue weighted by molar-refractivity contribution is 5.87. The summed E-state index contributed by atoms with van der Waals surface area (Å²) in [5, 5.41) is 0. The van der Waals surface area contributed by atoms with Gasteiger partial charge in [0.1, 0.15) is 0 Å². The Morgan fingerprint density at radius 3 is 2.37 bits per heavy atom. The van der Waals surface area contributed by atoms with Crippen LogP contribution in [0.3, 0.4) is 0 Å². The lowest BCUT2D eigenvalue weighted by atomic mass is 9.82. The van der Waals surface area contributed by atoms with Crippen molar-refractivity contribution in [3.63, 3.8) is 0 Å². The zero-order valence-corrected chi connectivity index (χ0v) is 12.9. The van der Waals surface area contributed by atoms with Crippen molar-refractivity contribution < 1.29 is 4.79 Å². The lowest BCUT2D eigenvalue weighted by Crippen LogP contribution is -2.38. The number of hydrogen-bond donors (Lipinski definition) is 0. The maximum absolute atomic E-state index is 11.6. The molecule has 2 nitrogen and oxygen atoms in total. The zero-order chi connectivity index (χ0) is 14.1. The molecule has 0 spiro atoms.